The van der Waals surface area contributed by atoms with E-state index in [1.807, 2.05) is 0 Å². The summed E-state index contributed by atoms with van der Waals surface area (Å²) in [5, 5.41) is 8.75. The minimum Gasteiger partial charge on any atom is -0.435 e. The highest BCUT2D eigenvalue weighted by molar-refractivity contribution is 7.89. The molecule has 1 aromatic carbocycles. The molecule has 27 heavy (non-hydrogen) atoms. The highest BCUT2D eigenvalue weighted by atomic mass is 32.2. The van der Waals surface area contributed by atoms with Crippen LogP contribution in [-0.2, 0) is 15.8 Å². The van der Waals surface area contributed by atoms with E-state index < -0.39 is 45.1 Å². The van der Waals surface area contributed by atoms with Gasteiger partial charge in [-0.05, 0) is 18.2 Å². The summed E-state index contributed by atoms with van der Waals surface area (Å²) in [7, 11) is -4.84. The number of hydrogen-bond acceptors (Lipinski definition) is 5. The van der Waals surface area contributed by atoms with Crippen LogP contribution in [0.15, 0.2) is 47.6 Å². The smallest absolute Gasteiger partial charge is 0.387 e. The van der Waals surface area contributed by atoms with E-state index in [-0.39, 0.29) is 5.56 Å². The zero-order valence-electron chi connectivity index (χ0n) is 13.1. The Morgan fingerprint density at radius 2 is 1.78 bits per heavy atom. The molecule has 2 rings (SSSR count). The van der Waals surface area contributed by atoms with Crippen LogP contribution >= 0.6 is 0 Å². The summed E-state index contributed by atoms with van der Waals surface area (Å²) < 4.78 is 95.6. The van der Waals surface area contributed by atoms with Crippen molar-refractivity contribution in [3.05, 3.63) is 53.9 Å². The number of rotatable bonds is 7. The quantitative estimate of drug-likeness (QED) is 0.563. The second kappa shape index (κ2) is 7.85. The SMILES string of the molecule is N#Cc1cncc(S(=O)(=O)NC(F)(c2ccc(OC(F)F)cc2)C(F)F)c1. The molecule has 0 amide bonds. The van der Waals surface area contributed by atoms with E-state index >= 15 is 0 Å². The van der Waals surface area contributed by atoms with Gasteiger partial charge in [0.1, 0.15) is 16.7 Å². The molecule has 1 N–H and O–H groups in total. The average molecular weight is 407 g/mol. The first-order chi connectivity index (χ1) is 12.6. The first-order valence-corrected chi connectivity index (χ1v) is 8.48. The number of benzene rings is 1. The topological polar surface area (TPSA) is 92.1 Å². The van der Waals surface area contributed by atoms with Gasteiger partial charge in [0.25, 0.3) is 12.2 Å². The molecule has 0 fully saturated rings. The van der Waals surface area contributed by atoms with E-state index in [0.717, 1.165) is 30.6 Å². The van der Waals surface area contributed by atoms with Crippen LogP contribution in [-0.4, -0.2) is 26.4 Å². The van der Waals surface area contributed by atoms with Crippen LogP contribution in [0.5, 0.6) is 5.75 Å². The largest absolute Gasteiger partial charge is 0.435 e. The Kier molecular flexibility index (Phi) is 5.97. The third-order valence-corrected chi connectivity index (χ3v) is 4.65. The van der Waals surface area contributed by atoms with Crippen molar-refractivity contribution in [3.63, 3.8) is 0 Å². The lowest BCUT2D eigenvalue weighted by Gasteiger charge is -2.26. The molecule has 0 aliphatic carbocycles. The molecule has 0 aliphatic rings. The van der Waals surface area contributed by atoms with Crippen molar-refractivity contribution in [1.29, 1.82) is 5.26 Å². The molecule has 0 spiro atoms. The number of nitrogens with zero attached hydrogens (tertiary/aromatic N) is 2. The van der Waals surface area contributed by atoms with Crippen LogP contribution in [0.1, 0.15) is 11.1 Å². The zero-order chi connectivity index (χ0) is 20.2. The van der Waals surface area contributed by atoms with Crippen LogP contribution in [0.25, 0.3) is 0 Å². The minimum absolute atomic E-state index is 0.187. The fourth-order valence-corrected chi connectivity index (χ4v) is 3.19. The lowest BCUT2D eigenvalue weighted by atomic mass is 10.1. The molecule has 2 aromatic rings. The maximum absolute atomic E-state index is 14.9. The Bertz CT molecular complexity index is 948. The molecule has 144 valence electrons. The van der Waals surface area contributed by atoms with Crippen molar-refractivity contribution in [3.8, 4) is 11.8 Å². The van der Waals surface area contributed by atoms with Crippen LogP contribution in [0, 0.1) is 11.3 Å². The summed E-state index contributed by atoms with van der Waals surface area (Å²) in [5.74, 6) is -4.30. The molecular weight excluding hydrogens is 397 g/mol. The number of pyridine rings is 1. The monoisotopic (exact) mass is 407 g/mol. The second-order valence-electron chi connectivity index (χ2n) is 5.04. The number of aromatic nitrogens is 1. The number of nitriles is 1. The fraction of sp³-hybridized carbons (Fsp3) is 0.200. The van der Waals surface area contributed by atoms with Gasteiger partial charge in [-0.25, -0.2) is 21.6 Å². The summed E-state index contributed by atoms with van der Waals surface area (Å²) in [4.78, 5) is 2.76. The zero-order valence-corrected chi connectivity index (χ0v) is 13.9. The Morgan fingerprint density at radius 3 is 2.30 bits per heavy atom. The molecule has 0 saturated carbocycles. The van der Waals surface area contributed by atoms with E-state index in [1.165, 1.54) is 4.72 Å². The molecule has 0 aliphatic heterocycles. The molecule has 12 heteroatoms. The fourth-order valence-electron chi connectivity index (χ4n) is 1.99. The molecule has 1 unspecified atom stereocenters. The van der Waals surface area contributed by atoms with Gasteiger partial charge in [-0.2, -0.15) is 18.8 Å². The van der Waals surface area contributed by atoms with Gasteiger partial charge in [0.2, 0.25) is 10.0 Å². The third-order valence-electron chi connectivity index (χ3n) is 3.24. The van der Waals surface area contributed by atoms with Gasteiger partial charge >= 0.3 is 6.61 Å². The highest BCUT2D eigenvalue weighted by Crippen LogP contribution is 2.33. The van der Waals surface area contributed by atoms with Crippen molar-refractivity contribution in [2.75, 3.05) is 0 Å². The highest BCUT2D eigenvalue weighted by Gasteiger charge is 2.46. The predicted octanol–water partition coefficient (Wildman–Crippen LogP) is 2.92. The van der Waals surface area contributed by atoms with Crippen molar-refractivity contribution in [2.24, 2.45) is 0 Å². The molecular formula is C15H10F5N3O3S. The van der Waals surface area contributed by atoms with Gasteiger partial charge in [0, 0.05) is 18.0 Å². The minimum atomic E-state index is -4.84. The molecule has 0 saturated heterocycles. The van der Waals surface area contributed by atoms with Crippen LogP contribution in [0.4, 0.5) is 22.0 Å². The molecule has 1 heterocycles. The lowest BCUT2D eigenvalue weighted by Crippen LogP contribution is -2.47. The van der Waals surface area contributed by atoms with Crippen LogP contribution < -0.4 is 9.46 Å². The Labute approximate surface area is 150 Å². The first-order valence-electron chi connectivity index (χ1n) is 7.00. The second-order valence-corrected chi connectivity index (χ2v) is 6.72. The standard InChI is InChI=1S/C15H10F5N3O3S/c16-13(17)15(20,10-1-3-11(4-2-10)26-14(18)19)23-27(24,25)12-5-9(6-21)7-22-8-12/h1-5,7-8,13-14,23H. The molecule has 6 nitrogen and oxygen atoms in total. The van der Waals surface area contributed by atoms with Gasteiger partial charge in [0.15, 0.2) is 0 Å². The van der Waals surface area contributed by atoms with E-state index in [2.05, 4.69) is 9.72 Å². The average Bonchev–Trinajstić information content (AvgIpc) is 2.61. The Hall–Kier alpha value is -2.78. The summed E-state index contributed by atoms with van der Waals surface area (Å²) in [6, 6.07) is 5.35. The van der Waals surface area contributed by atoms with E-state index in [0.29, 0.717) is 12.1 Å². The summed E-state index contributed by atoms with van der Waals surface area (Å²) >= 11 is 0. The first kappa shape index (κ1) is 20.5. The molecule has 1 atom stereocenters. The van der Waals surface area contributed by atoms with Gasteiger partial charge in [-0.15, -0.1) is 0 Å². The summed E-state index contributed by atoms with van der Waals surface area (Å²) in [6.45, 7) is -3.18. The van der Waals surface area contributed by atoms with Crippen molar-refractivity contribution in [1.82, 2.24) is 9.71 Å². The number of nitrogens with one attached hydrogen (secondary N) is 1. The van der Waals surface area contributed by atoms with E-state index in [4.69, 9.17) is 5.26 Å². The maximum atomic E-state index is 14.9. The maximum Gasteiger partial charge on any atom is 0.387 e. The van der Waals surface area contributed by atoms with Crippen LogP contribution in [0.3, 0.4) is 0 Å². The van der Waals surface area contributed by atoms with Gasteiger partial charge < -0.3 is 4.74 Å². The number of ether oxygens (including phenoxy) is 1. The van der Waals surface area contributed by atoms with Gasteiger partial charge in [-0.3, -0.25) is 4.98 Å². The summed E-state index contributed by atoms with van der Waals surface area (Å²) in [6.07, 6.45) is -2.08. The molecule has 1 aromatic heterocycles. The normalized spacial score (nSPS) is 14.0. The van der Waals surface area contributed by atoms with Crippen molar-refractivity contribution < 1.29 is 35.1 Å². The van der Waals surface area contributed by atoms with Crippen molar-refractivity contribution >= 4 is 10.0 Å². The Balaban J connectivity index is 2.39. The van der Waals surface area contributed by atoms with Crippen molar-refractivity contribution in [2.45, 2.75) is 23.7 Å². The van der Waals surface area contributed by atoms with Crippen LogP contribution in [0.2, 0.25) is 0 Å². The number of halogens is 5. The van der Waals surface area contributed by atoms with Gasteiger partial charge in [-0.1, -0.05) is 12.1 Å². The molecule has 0 bridgehead atoms. The van der Waals surface area contributed by atoms with E-state index in [1.54, 1.807) is 6.07 Å². The number of sulfonamides is 1. The van der Waals surface area contributed by atoms with E-state index in [9.17, 15) is 30.4 Å². The molecule has 0 radical (unpaired) electrons. The third kappa shape index (κ3) is 4.69. The number of hydrogen-bond donors (Lipinski definition) is 1. The lowest BCUT2D eigenvalue weighted by molar-refractivity contribution is -0.0513. The Morgan fingerprint density at radius 1 is 1.15 bits per heavy atom. The van der Waals surface area contributed by atoms with Gasteiger partial charge in [0.05, 0.1) is 5.56 Å². The predicted molar refractivity (Wildman–Crippen MR) is 81.1 cm³/mol. The number of alkyl halides is 5. The summed E-state index contributed by atoms with van der Waals surface area (Å²) in [5.41, 5.74) is -1.03.